The van der Waals surface area contributed by atoms with Crippen molar-refractivity contribution in [2.24, 2.45) is 0 Å². The van der Waals surface area contributed by atoms with Crippen LogP contribution in [0.1, 0.15) is 32.6 Å². The number of piperazine rings is 1. The van der Waals surface area contributed by atoms with Crippen molar-refractivity contribution in [3.8, 4) is 0 Å². The van der Waals surface area contributed by atoms with Crippen LogP contribution in [0.4, 0.5) is 26.3 Å². The van der Waals surface area contributed by atoms with Crippen LogP contribution in [0.2, 0.25) is 0 Å². The lowest BCUT2D eigenvalue weighted by atomic mass is 9.98. The van der Waals surface area contributed by atoms with Crippen molar-refractivity contribution in [3.63, 3.8) is 0 Å². The molecule has 0 unspecified atom stereocenters. The molecule has 1 fully saturated rings. The van der Waals surface area contributed by atoms with Crippen LogP contribution < -0.4 is 0 Å². The smallest absolute Gasteiger partial charge is 0.361 e. The Morgan fingerprint density at radius 2 is 1.49 bits per heavy atom. The molecule has 0 radical (unpaired) electrons. The van der Waals surface area contributed by atoms with E-state index in [-0.39, 0.29) is 12.6 Å². The highest BCUT2D eigenvalue weighted by molar-refractivity contribution is 5.95. The SMILES string of the molecule is O=C(c1cc(C(F)(F)F)cc(C(F)(F)F)c1)N1CCN(Cc2ccccc2)C[C@H]1Cc1c[nH]c2ccccc12. The predicted octanol–water partition coefficient (Wildman–Crippen LogP) is 6.77. The van der Waals surface area contributed by atoms with Crippen molar-refractivity contribution in [1.82, 2.24) is 14.8 Å². The molecule has 4 aromatic rings. The Kier molecular flexibility index (Phi) is 7.15. The summed E-state index contributed by atoms with van der Waals surface area (Å²) in [5.74, 6) is -0.851. The summed E-state index contributed by atoms with van der Waals surface area (Å²) in [5.41, 5.74) is -0.758. The second-order valence-electron chi connectivity index (χ2n) is 9.73. The Morgan fingerprint density at radius 3 is 2.15 bits per heavy atom. The molecule has 3 aromatic carbocycles. The number of H-pyrrole nitrogens is 1. The third kappa shape index (κ3) is 5.95. The first kappa shape index (κ1) is 26.8. The van der Waals surface area contributed by atoms with Crippen molar-refractivity contribution in [3.05, 3.63) is 107 Å². The van der Waals surface area contributed by atoms with E-state index in [2.05, 4.69) is 9.88 Å². The van der Waals surface area contributed by atoms with Gasteiger partial charge in [-0.1, -0.05) is 48.5 Å². The van der Waals surface area contributed by atoms with Crippen LogP contribution in [0.5, 0.6) is 0 Å². The van der Waals surface area contributed by atoms with Gasteiger partial charge >= 0.3 is 12.4 Å². The standard InChI is InChI=1S/C29H25F6N3O/c30-28(31,32)22-12-20(13-23(15-22)29(33,34)35)27(39)38-11-10-37(17-19-6-2-1-3-7-19)18-24(38)14-21-16-36-26-9-5-4-8-25(21)26/h1-9,12-13,15-16,24,36H,10-11,14,17-18H2/t24-/m1/s1. The van der Waals surface area contributed by atoms with Crippen molar-refractivity contribution in [2.45, 2.75) is 31.4 Å². The monoisotopic (exact) mass is 545 g/mol. The minimum Gasteiger partial charge on any atom is -0.361 e. The number of hydrogen-bond acceptors (Lipinski definition) is 2. The summed E-state index contributed by atoms with van der Waals surface area (Å²) >= 11 is 0. The molecule has 204 valence electrons. The van der Waals surface area contributed by atoms with Gasteiger partial charge in [0.1, 0.15) is 0 Å². The molecular formula is C29H25F6N3O. The molecule has 1 amide bonds. The lowest BCUT2D eigenvalue weighted by Gasteiger charge is -2.42. The van der Waals surface area contributed by atoms with Crippen LogP contribution >= 0.6 is 0 Å². The van der Waals surface area contributed by atoms with Crippen LogP contribution in [0.25, 0.3) is 10.9 Å². The number of halogens is 6. The average molecular weight is 546 g/mol. The van der Waals surface area contributed by atoms with E-state index >= 15 is 0 Å². The summed E-state index contributed by atoms with van der Waals surface area (Å²) in [6, 6.07) is 17.9. The van der Waals surface area contributed by atoms with Gasteiger partial charge in [0.05, 0.1) is 11.1 Å². The van der Waals surface area contributed by atoms with Gasteiger partial charge in [0.2, 0.25) is 0 Å². The molecule has 5 rings (SSSR count). The Bertz CT molecular complexity index is 1430. The molecule has 1 atom stereocenters. The molecule has 0 aliphatic carbocycles. The Morgan fingerprint density at radius 1 is 0.846 bits per heavy atom. The number of amides is 1. The zero-order chi connectivity index (χ0) is 27.8. The van der Waals surface area contributed by atoms with Crippen molar-refractivity contribution >= 4 is 16.8 Å². The van der Waals surface area contributed by atoms with Gasteiger partial charge in [-0.25, -0.2) is 0 Å². The molecule has 1 N–H and O–H groups in total. The predicted molar refractivity (Wildman–Crippen MR) is 135 cm³/mol. The Balaban J connectivity index is 1.48. The molecule has 1 saturated heterocycles. The third-order valence-corrected chi connectivity index (χ3v) is 7.04. The molecule has 0 spiro atoms. The molecule has 0 bridgehead atoms. The number of nitrogens with zero attached hydrogens (tertiary/aromatic N) is 2. The van der Waals surface area contributed by atoms with Gasteiger partial charge in [0, 0.05) is 54.9 Å². The van der Waals surface area contributed by atoms with E-state index in [4.69, 9.17) is 0 Å². The van der Waals surface area contributed by atoms with Crippen LogP contribution in [0, 0.1) is 0 Å². The fourth-order valence-electron chi connectivity index (χ4n) is 5.15. The van der Waals surface area contributed by atoms with E-state index in [1.807, 2.05) is 60.8 Å². The number of carbonyl (C=O) groups is 1. The maximum absolute atomic E-state index is 13.6. The lowest BCUT2D eigenvalue weighted by molar-refractivity contribution is -0.143. The number of para-hydroxylation sites is 1. The Labute approximate surface area is 220 Å². The van der Waals surface area contributed by atoms with Gasteiger partial charge in [-0.3, -0.25) is 9.69 Å². The summed E-state index contributed by atoms with van der Waals surface area (Å²) in [6.45, 7) is 1.60. The van der Waals surface area contributed by atoms with Crippen LogP contribution in [0.3, 0.4) is 0 Å². The van der Waals surface area contributed by atoms with E-state index in [1.54, 1.807) is 0 Å². The van der Waals surface area contributed by atoms with E-state index in [1.165, 1.54) is 4.90 Å². The van der Waals surface area contributed by atoms with Crippen LogP contribution in [-0.4, -0.2) is 46.4 Å². The summed E-state index contributed by atoms with van der Waals surface area (Å²) in [5, 5.41) is 0.948. The van der Waals surface area contributed by atoms with Gasteiger partial charge in [-0.2, -0.15) is 26.3 Å². The highest BCUT2D eigenvalue weighted by atomic mass is 19.4. The highest BCUT2D eigenvalue weighted by Crippen LogP contribution is 2.37. The quantitative estimate of drug-likeness (QED) is 0.281. The zero-order valence-corrected chi connectivity index (χ0v) is 20.7. The van der Waals surface area contributed by atoms with Crippen LogP contribution in [0.15, 0.2) is 79.0 Å². The molecule has 1 aliphatic rings. The fraction of sp³-hybridized carbons (Fsp3) is 0.276. The maximum Gasteiger partial charge on any atom is 0.416 e. The minimum absolute atomic E-state index is 0.0397. The van der Waals surface area contributed by atoms with Crippen molar-refractivity contribution in [2.75, 3.05) is 19.6 Å². The molecule has 39 heavy (non-hydrogen) atoms. The molecule has 2 heterocycles. The summed E-state index contributed by atoms with van der Waals surface area (Å²) in [6.07, 6.45) is -7.86. The van der Waals surface area contributed by atoms with Gasteiger partial charge < -0.3 is 9.88 Å². The first-order valence-electron chi connectivity index (χ1n) is 12.4. The second-order valence-corrected chi connectivity index (χ2v) is 9.73. The first-order valence-corrected chi connectivity index (χ1v) is 12.4. The highest BCUT2D eigenvalue weighted by Gasteiger charge is 2.39. The molecule has 10 heteroatoms. The summed E-state index contributed by atoms with van der Waals surface area (Å²) < 4.78 is 80.8. The molecule has 4 nitrogen and oxygen atoms in total. The molecule has 0 saturated carbocycles. The van der Waals surface area contributed by atoms with E-state index in [0.717, 1.165) is 22.0 Å². The zero-order valence-electron chi connectivity index (χ0n) is 20.7. The number of aromatic nitrogens is 1. The third-order valence-electron chi connectivity index (χ3n) is 7.04. The number of alkyl halides is 6. The van der Waals surface area contributed by atoms with Gasteiger partial charge in [-0.15, -0.1) is 0 Å². The first-order chi connectivity index (χ1) is 18.5. The summed E-state index contributed by atoms with van der Waals surface area (Å²) in [7, 11) is 0. The Hall–Kier alpha value is -3.79. The van der Waals surface area contributed by atoms with E-state index < -0.39 is 41.0 Å². The van der Waals surface area contributed by atoms with Crippen LogP contribution in [-0.2, 0) is 25.3 Å². The van der Waals surface area contributed by atoms with Gasteiger partial charge in [0.25, 0.3) is 5.91 Å². The fourth-order valence-corrected chi connectivity index (χ4v) is 5.15. The summed E-state index contributed by atoms with van der Waals surface area (Å²) in [4.78, 5) is 20.3. The number of benzene rings is 3. The number of fused-ring (bicyclic) bond motifs is 1. The number of nitrogens with one attached hydrogen (secondary N) is 1. The number of carbonyl (C=O) groups excluding carboxylic acids is 1. The number of hydrogen-bond donors (Lipinski definition) is 1. The molecular weight excluding hydrogens is 520 g/mol. The lowest BCUT2D eigenvalue weighted by Crippen LogP contribution is -2.55. The van der Waals surface area contributed by atoms with Gasteiger partial charge in [0.15, 0.2) is 0 Å². The largest absolute Gasteiger partial charge is 0.416 e. The topological polar surface area (TPSA) is 39.3 Å². The van der Waals surface area contributed by atoms with Gasteiger partial charge in [-0.05, 0) is 41.8 Å². The maximum atomic E-state index is 13.6. The molecule has 1 aliphatic heterocycles. The molecule has 1 aromatic heterocycles. The second kappa shape index (κ2) is 10.4. The van der Waals surface area contributed by atoms with Crippen molar-refractivity contribution < 1.29 is 31.1 Å². The number of rotatable bonds is 5. The normalized spacial score (nSPS) is 17.1. The number of aromatic amines is 1. The van der Waals surface area contributed by atoms with Crippen molar-refractivity contribution in [1.29, 1.82) is 0 Å². The van der Waals surface area contributed by atoms with E-state index in [9.17, 15) is 31.1 Å². The van der Waals surface area contributed by atoms with E-state index in [0.29, 0.717) is 38.2 Å². The average Bonchev–Trinajstić information content (AvgIpc) is 3.30. The minimum atomic E-state index is -5.03.